The molecule has 1 aromatic carbocycles. The lowest BCUT2D eigenvalue weighted by Gasteiger charge is -2.33. The Morgan fingerprint density at radius 1 is 1.38 bits per heavy atom. The molecule has 0 bridgehead atoms. The van der Waals surface area contributed by atoms with Gasteiger partial charge in [0, 0.05) is 5.69 Å². The molecule has 1 saturated heterocycles. The quantitative estimate of drug-likeness (QED) is 0.700. The number of benzene rings is 1. The summed E-state index contributed by atoms with van der Waals surface area (Å²) >= 11 is 0. The van der Waals surface area contributed by atoms with Crippen LogP contribution >= 0.6 is 0 Å². The van der Waals surface area contributed by atoms with Gasteiger partial charge in [0.1, 0.15) is 5.82 Å². The van der Waals surface area contributed by atoms with E-state index in [9.17, 15) is 4.39 Å². The van der Waals surface area contributed by atoms with Crippen molar-refractivity contribution in [3.8, 4) is 0 Å². The van der Waals surface area contributed by atoms with Crippen LogP contribution < -0.4 is 15.5 Å². The van der Waals surface area contributed by atoms with Crippen molar-refractivity contribution in [3.05, 3.63) is 24.0 Å². The maximum Gasteiger partial charge on any atom is 0.148 e. The first-order valence-corrected chi connectivity index (χ1v) is 5.84. The van der Waals surface area contributed by atoms with Crippen molar-refractivity contribution in [1.82, 2.24) is 0 Å². The van der Waals surface area contributed by atoms with Gasteiger partial charge in [-0.2, -0.15) is 0 Å². The normalized spacial score (nSPS) is 17.8. The predicted molar refractivity (Wildman–Crippen MR) is 64.3 cm³/mol. The molecule has 0 spiro atoms. The number of halogens is 1. The molecule has 88 valence electrons. The number of nitrogens with two attached hydrogens (primary N) is 1. The molecular formula is C12H19FN3+. The van der Waals surface area contributed by atoms with Crippen molar-refractivity contribution in [2.75, 3.05) is 43.4 Å². The highest BCUT2D eigenvalue weighted by atomic mass is 19.1. The van der Waals surface area contributed by atoms with E-state index in [1.807, 2.05) is 0 Å². The summed E-state index contributed by atoms with van der Waals surface area (Å²) in [6.07, 6.45) is 0. The molecular weight excluding hydrogens is 205 g/mol. The molecule has 4 heteroatoms. The number of hydrogen-bond acceptors (Lipinski definition) is 2. The Hall–Kier alpha value is -1.29. The topological polar surface area (TPSA) is 33.7 Å². The van der Waals surface area contributed by atoms with Gasteiger partial charge in [-0.05, 0) is 25.1 Å². The summed E-state index contributed by atoms with van der Waals surface area (Å²) in [5.41, 5.74) is 6.71. The third-order valence-corrected chi connectivity index (χ3v) is 3.28. The van der Waals surface area contributed by atoms with Gasteiger partial charge in [0.2, 0.25) is 0 Å². The summed E-state index contributed by atoms with van der Waals surface area (Å²) < 4.78 is 13.7. The summed E-state index contributed by atoms with van der Waals surface area (Å²) in [7, 11) is 0. The highest BCUT2D eigenvalue weighted by molar-refractivity contribution is 5.54. The van der Waals surface area contributed by atoms with Gasteiger partial charge >= 0.3 is 0 Å². The first-order valence-electron chi connectivity index (χ1n) is 5.84. The van der Waals surface area contributed by atoms with Crippen LogP contribution in [-0.2, 0) is 0 Å². The second kappa shape index (κ2) is 4.70. The number of quaternary nitrogens is 1. The fourth-order valence-electron chi connectivity index (χ4n) is 2.20. The van der Waals surface area contributed by atoms with Gasteiger partial charge in [-0.15, -0.1) is 0 Å². The Kier molecular flexibility index (Phi) is 3.29. The first-order chi connectivity index (χ1) is 7.70. The molecule has 2 rings (SSSR count). The molecule has 3 N–H and O–H groups in total. The van der Waals surface area contributed by atoms with E-state index >= 15 is 0 Å². The molecule has 16 heavy (non-hydrogen) atoms. The highest BCUT2D eigenvalue weighted by Crippen LogP contribution is 2.21. The number of piperazine rings is 1. The Labute approximate surface area is 95.6 Å². The summed E-state index contributed by atoms with van der Waals surface area (Å²) in [6.45, 7) is 7.35. The molecule has 1 aliphatic heterocycles. The van der Waals surface area contributed by atoms with E-state index in [4.69, 9.17) is 5.73 Å². The second-order valence-electron chi connectivity index (χ2n) is 4.30. The van der Waals surface area contributed by atoms with Crippen molar-refractivity contribution in [3.63, 3.8) is 0 Å². The third-order valence-electron chi connectivity index (χ3n) is 3.28. The molecule has 0 unspecified atom stereocenters. The molecule has 0 aromatic heterocycles. The monoisotopic (exact) mass is 224 g/mol. The van der Waals surface area contributed by atoms with Gasteiger partial charge in [-0.25, -0.2) is 4.39 Å². The average molecular weight is 224 g/mol. The van der Waals surface area contributed by atoms with Crippen LogP contribution in [-0.4, -0.2) is 32.7 Å². The van der Waals surface area contributed by atoms with Gasteiger partial charge in [0.15, 0.2) is 0 Å². The maximum atomic E-state index is 13.7. The smallest absolute Gasteiger partial charge is 0.148 e. The predicted octanol–water partition coefficient (Wildman–Crippen LogP) is 0.133. The van der Waals surface area contributed by atoms with Crippen molar-refractivity contribution in [1.29, 1.82) is 0 Å². The number of nitrogens with zero attached hydrogens (tertiary/aromatic N) is 1. The summed E-state index contributed by atoms with van der Waals surface area (Å²) in [6, 6.07) is 4.94. The molecule has 0 radical (unpaired) electrons. The molecule has 1 aromatic rings. The van der Waals surface area contributed by atoms with Crippen LogP contribution in [0.5, 0.6) is 0 Å². The lowest BCUT2D eigenvalue weighted by atomic mass is 10.2. The molecule has 3 nitrogen and oxygen atoms in total. The van der Waals surface area contributed by atoms with E-state index in [0.29, 0.717) is 11.4 Å². The van der Waals surface area contributed by atoms with E-state index in [-0.39, 0.29) is 5.82 Å². The van der Waals surface area contributed by atoms with Crippen molar-refractivity contribution in [2.45, 2.75) is 6.92 Å². The zero-order chi connectivity index (χ0) is 11.5. The van der Waals surface area contributed by atoms with Crippen LogP contribution in [0.1, 0.15) is 6.92 Å². The van der Waals surface area contributed by atoms with Gasteiger partial charge < -0.3 is 15.5 Å². The summed E-state index contributed by atoms with van der Waals surface area (Å²) in [5, 5.41) is 0. The fourth-order valence-corrected chi connectivity index (χ4v) is 2.20. The van der Waals surface area contributed by atoms with Crippen molar-refractivity contribution in [2.24, 2.45) is 0 Å². The molecule has 1 heterocycles. The minimum atomic E-state index is -0.208. The third kappa shape index (κ3) is 2.27. The molecule has 0 amide bonds. The Morgan fingerprint density at radius 3 is 2.62 bits per heavy atom. The zero-order valence-corrected chi connectivity index (χ0v) is 9.67. The fraction of sp³-hybridized carbons (Fsp3) is 0.500. The first kappa shape index (κ1) is 11.2. The van der Waals surface area contributed by atoms with Gasteiger partial charge in [-0.3, -0.25) is 0 Å². The van der Waals surface area contributed by atoms with E-state index < -0.39 is 0 Å². The van der Waals surface area contributed by atoms with E-state index in [1.165, 1.54) is 6.07 Å². The largest absolute Gasteiger partial charge is 0.399 e. The standard InChI is InChI=1S/C12H18FN3/c1-2-15-5-7-16(8-6-15)12-4-3-10(14)9-11(12)13/h3-4,9H,2,5-8,14H2,1H3/p+1. The van der Waals surface area contributed by atoms with Gasteiger partial charge in [0.05, 0.1) is 38.4 Å². The number of hydrogen-bond donors (Lipinski definition) is 2. The summed E-state index contributed by atoms with van der Waals surface area (Å²) in [4.78, 5) is 3.70. The number of nitrogen functional groups attached to an aromatic ring is 1. The van der Waals surface area contributed by atoms with E-state index in [1.54, 1.807) is 17.0 Å². The van der Waals surface area contributed by atoms with Gasteiger partial charge in [-0.1, -0.05) is 0 Å². The maximum absolute atomic E-state index is 13.7. The van der Waals surface area contributed by atoms with Crippen LogP contribution in [0.2, 0.25) is 0 Å². The summed E-state index contributed by atoms with van der Waals surface area (Å²) in [5.74, 6) is -0.208. The molecule has 1 fully saturated rings. The molecule has 0 aliphatic carbocycles. The lowest BCUT2D eigenvalue weighted by molar-refractivity contribution is -0.898. The van der Waals surface area contributed by atoms with Crippen LogP contribution in [0.4, 0.5) is 15.8 Å². The van der Waals surface area contributed by atoms with Crippen molar-refractivity contribution < 1.29 is 9.29 Å². The molecule has 0 atom stereocenters. The van der Waals surface area contributed by atoms with E-state index in [2.05, 4.69) is 11.8 Å². The van der Waals surface area contributed by atoms with E-state index in [0.717, 1.165) is 32.7 Å². The minimum Gasteiger partial charge on any atom is -0.399 e. The number of nitrogens with one attached hydrogen (secondary N) is 1. The minimum absolute atomic E-state index is 0.208. The molecule has 0 saturated carbocycles. The Bertz CT molecular complexity index is 359. The lowest BCUT2D eigenvalue weighted by Crippen LogP contribution is -3.14. The van der Waals surface area contributed by atoms with Crippen molar-refractivity contribution >= 4 is 11.4 Å². The second-order valence-corrected chi connectivity index (χ2v) is 4.30. The number of rotatable bonds is 2. The SMILES string of the molecule is CC[NH+]1CCN(c2ccc(N)cc2F)CC1. The Morgan fingerprint density at radius 2 is 2.06 bits per heavy atom. The number of likely N-dealkylation sites (N-methyl/N-ethyl adjacent to an activating group) is 1. The highest BCUT2D eigenvalue weighted by Gasteiger charge is 2.20. The Balaban J connectivity index is 2.08. The molecule has 1 aliphatic rings. The van der Waals surface area contributed by atoms with Crippen LogP contribution in [0, 0.1) is 5.82 Å². The van der Waals surface area contributed by atoms with Gasteiger partial charge in [0.25, 0.3) is 0 Å². The average Bonchev–Trinajstić information content (AvgIpc) is 2.29. The number of anilines is 2. The van der Waals surface area contributed by atoms with Crippen LogP contribution in [0.3, 0.4) is 0 Å². The van der Waals surface area contributed by atoms with Crippen LogP contribution in [0.15, 0.2) is 18.2 Å². The zero-order valence-electron chi connectivity index (χ0n) is 9.67. The van der Waals surface area contributed by atoms with Crippen LogP contribution in [0.25, 0.3) is 0 Å².